The van der Waals surface area contributed by atoms with Crippen molar-refractivity contribution >= 4 is 11.8 Å². The van der Waals surface area contributed by atoms with Crippen LogP contribution in [-0.2, 0) is 0 Å². The molecule has 0 aliphatic heterocycles. The summed E-state index contributed by atoms with van der Waals surface area (Å²) < 4.78 is 0.407. The fraction of sp³-hybridized carbons (Fsp3) is 0.600. The molecule has 11 heavy (non-hydrogen) atoms. The Balaban J connectivity index is 2.23. The van der Waals surface area contributed by atoms with Crippen LogP contribution in [0.2, 0.25) is 0 Å². The molecule has 0 spiro atoms. The van der Waals surface area contributed by atoms with E-state index >= 15 is 0 Å². The Labute approximate surface area is 73.8 Å². The molecule has 0 aromatic rings. The molecule has 1 aliphatic rings. The lowest BCUT2D eigenvalue weighted by Crippen LogP contribution is -2.10. The van der Waals surface area contributed by atoms with Crippen LogP contribution in [0.15, 0.2) is 24.3 Å². The van der Waals surface area contributed by atoms with Gasteiger partial charge in [-0.25, -0.2) is 0 Å². The maximum absolute atomic E-state index is 2.26. The van der Waals surface area contributed by atoms with Crippen molar-refractivity contribution in [2.24, 2.45) is 5.92 Å². The average molecular weight is 168 g/mol. The fourth-order valence-electron chi connectivity index (χ4n) is 0.935. The van der Waals surface area contributed by atoms with E-state index in [1.54, 1.807) is 0 Å². The summed E-state index contributed by atoms with van der Waals surface area (Å²) in [5.74, 6) is 1.90. The van der Waals surface area contributed by atoms with Gasteiger partial charge < -0.3 is 0 Å². The van der Waals surface area contributed by atoms with Gasteiger partial charge in [-0.2, -0.15) is 11.8 Å². The fourth-order valence-corrected chi connectivity index (χ4v) is 1.85. The van der Waals surface area contributed by atoms with Gasteiger partial charge in [-0.15, -0.1) is 0 Å². The van der Waals surface area contributed by atoms with Crippen LogP contribution in [0.25, 0.3) is 0 Å². The van der Waals surface area contributed by atoms with Gasteiger partial charge in [-0.05, 0) is 0 Å². The number of rotatable bonds is 2. The van der Waals surface area contributed by atoms with E-state index < -0.39 is 0 Å². The van der Waals surface area contributed by atoms with Gasteiger partial charge in [0.25, 0.3) is 0 Å². The topological polar surface area (TPSA) is 0 Å². The summed E-state index contributed by atoms with van der Waals surface area (Å²) in [5.41, 5.74) is 0. The lowest BCUT2D eigenvalue weighted by Gasteiger charge is -2.18. The van der Waals surface area contributed by atoms with Crippen molar-refractivity contribution < 1.29 is 0 Å². The van der Waals surface area contributed by atoms with Crippen LogP contribution < -0.4 is 0 Å². The van der Waals surface area contributed by atoms with E-state index in [1.165, 1.54) is 5.75 Å². The summed E-state index contributed by atoms with van der Waals surface area (Å²) in [4.78, 5) is 0. The molecule has 0 unspecified atom stereocenters. The highest BCUT2D eigenvalue weighted by atomic mass is 32.2. The molecule has 0 N–H and O–H groups in total. The molecule has 62 valence electrons. The minimum atomic E-state index is 0.407. The minimum Gasteiger partial charge on any atom is -0.155 e. The molecule has 1 aliphatic carbocycles. The van der Waals surface area contributed by atoms with Gasteiger partial charge in [0, 0.05) is 16.4 Å². The zero-order valence-electron chi connectivity index (χ0n) is 7.50. The van der Waals surface area contributed by atoms with Gasteiger partial charge in [0.1, 0.15) is 0 Å². The maximum Gasteiger partial charge on any atom is 0.00754 e. The largest absolute Gasteiger partial charge is 0.155 e. The molecular formula is C10H16S. The molecule has 0 saturated carbocycles. The number of hydrogen-bond acceptors (Lipinski definition) is 1. The molecular weight excluding hydrogens is 152 g/mol. The average Bonchev–Trinajstić information content (AvgIpc) is 2.32. The number of thioether (sulfide) groups is 1. The molecule has 1 heteroatoms. The number of allylic oxidation sites excluding steroid dienone is 4. The highest BCUT2D eigenvalue weighted by molar-refractivity contribution is 8.00. The van der Waals surface area contributed by atoms with E-state index in [2.05, 4.69) is 45.1 Å². The normalized spacial score (nSPS) is 18.1. The van der Waals surface area contributed by atoms with Gasteiger partial charge in [0.05, 0.1) is 0 Å². The van der Waals surface area contributed by atoms with Gasteiger partial charge >= 0.3 is 0 Å². The van der Waals surface area contributed by atoms with E-state index in [4.69, 9.17) is 0 Å². The Hall–Kier alpha value is -0.170. The zero-order chi connectivity index (χ0) is 8.32. The summed E-state index contributed by atoms with van der Waals surface area (Å²) >= 11 is 2.03. The monoisotopic (exact) mass is 168 g/mol. The molecule has 0 amide bonds. The first-order valence-corrected chi connectivity index (χ1v) is 5.05. The van der Waals surface area contributed by atoms with E-state index in [-0.39, 0.29) is 0 Å². The summed E-state index contributed by atoms with van der Waals surface area (Å²) in [7, 11) is 0. The van der Waals surface area contributed by atoms with E-state index in [0.717, 1.165) is 0 Å². The molecule has 0 heterocycles. The lowest BCUT2D eigenvalue weighted by molar-refractivity contribution is 0.796. The third kappa shape index (κ3) is 3.66. The Morgan fingerprint density at radius 3 is 2.18 bits per heavy atom. The smallest absolute Gasteiger partial charge is 0.00754 e. The molecule has 0 nitrogen and oxygen atoms in total. The SMILES string of the molecule is CC(C)(C)SCC1C=CC=C1. The van der Waals surface area contributed by atoms with Crippen molar-refractivity contribution in [2.75, 3.05) is 5.75 Å². The second-order valence-electron chi connectivity index (χ2n) is 3.86. The van der Waals surface area contributed by atoms with Crippen LogP contribution in [-0.4, -0.2) is 10.5 Å². The van der Waals surface area contributed by atoms with Crippen LogP contribution in [0, 0.1) is 5.92 Å². The summed E-state index contributed by atoms with van der Waals surface area (Å²) in [6.45, 7) is 6.79. The first-order chi connectivity index (χ1) is 5.08. The molecule has 0 radical (unpaired) electrons. The van der Waals surface area contributed by atoms with Gasteiger partial charge in [-0.3, -0.25) is 0 Å². The van der Waals surface area contributed by atoms with Crippen LogP contribution in [0.3, 0.4) is 0 Å². The highest BCUT2D eigenvalue weighted by Gasteiger charge is 2.13. The summed E-state index contributed by atoms with van der Waals surface area (Å²) in [5, 5.41) is 0. The molecule has 0 aromatic carbocycles. The van der Waals surface area contributed by atoms with Gasteiger partial charge in [-0.1, -0.05) is 45.1 Å². The van der Waals surface area contributed by atoms with Crippen molar-refractivity contribution in [1.29, 1.82) is 0 Å². The maximum atomic E-state index is 2.26. The first kappa shape index (κ1) is 8.92. The third-order valence-corrected chi connectivity index (χ3v) is 2.95. The number of hydrogen-bond donors (Lipinski definition) is 0. The van der Waals surface area contributed by atoms with Crippen LogP contribution >= 0.6 is 11.8 Å². The zero-order valence-corrected chi connectivity index (χ0v) is 8.32. The Kier molecular flexibility index (Phi) is 2.83. The third-order valence-electron chi connectivity index (χ3n) is 1.54. The summed E-state index contributed by atoms with van der Waals surface area (Å²) in [6, 6.07) is 0. The standard InChI is InChI=1S/C10H16S/c1-10(2,3)11-8-9-6-4-5-7-9/h4-7,9H,8H2,1-3H3. The van der Waals surface area contributed by atoms with Gasteiger partial charge in [0.15, 0.2) is 0 Å². The van der Waals surface area contributed by atoms with E-state index in [1.807, 2.05) is 11.8 Å². The van der Waals surface area contributed by atoms with Gasteiger partial charge in [0.2, 0.25) is 0 Å². The Bertz CT molecular complexity index is 160. The molecule has 0 aromatic heterocycles. The van der Waals surface area contributed by atoms with E-state index in [9.17, 15) is 0 Å². The quantitative estimate of drug-likeness (QED) is 0.610. The van der Waals surface area contributed by atoms with Crippen molar-refractivity contribution in [2.45, 2.75) is 25.5 Å². The van der Waals surface area contributed by atoms with Crippen molar-refractivity contribution in [3.8, 4) is 0 Å². The molecule has 0 bridgehead atoms. The van der Waals surface area contributed by atoms with E-state index in [0.29, 0.717) is 10.7 Å². The lowest BCUT2D eigenvalue weighted by atomic mass is 10.2. The van der Waals surface area contributed by atoms with Crippen molar-refractivity contribution in [3.63, 3.8) is 0 Å². The minimum absolute atomic E-state index is 0.407. The first-order valence-electron chi connectivity index (χ1n) is 4.07. The second-order valence-corrected chi connectivity index (χ2v) is 5.70. The Morgan fingerprint density at radius 2 is 1.73 bits per heavy atom. The van der Waals surface area contributed by atoms with Crippen molar-refractivity contribution in [3.05, 3.63) is 24.3 Å². The predicted octanol–water partition coefficient (Wildman–Crippen LogP) is 3.26. The molecule has 0 fully saturated rings. The summed E-state index contributed by atoms with van der Waals surface area (Å²) in [6.07, 6.45) is 8.79. The molecule has 1 rings (SSSR count). The molecule has 0 saturated heterocycles. The van der Waals surface area contributed by atoms with Crippen molar-refractivity contribution in [1.82, 2.24) is 0 Å². The van der Waals surface area contributed by atoms with Crippen LogP contribution in [0.1, 0.15) is 20.8 Å². The Morgan fingerprint density at radius 1 is 1.18 bits per heavy atom. The van der Waals surface area contributed by atoms with Crippen LogP contribution in [0.4, 0.5) is 0 Å². The van der Waals surface area contributed by atoms with Crippen LogP contribution in [0.5, 0.6) is 0 Å². The predicted molar refractivity (Wildman–Crippen MR) is 54.0 cm³/mol. The highest BCUT2D eigenvalue weighted by Crippen LogP contribution is 2.27. The second kappa shape index (κ2) is 3.48. The molecule has 0 atom stereocenters.